The Balaban J connectivity index is 2.93. The van der Waals surface area contributed by atoms with Crippen molar-refractivity contribution in [3.63, 3.8) is 0 Å². The molecule has 0 aromatic heterocycles. The maximum Gasteiger partial charge on any atom is 0.245 e. The minimum absolute atomic E-state index is 0.108. The van der Waals surface area contributed by atoms with Crippen LogP contribution in [0.25, 0.3) is 0 Å². The normalized spacial score (nSPS) is 17.1. The van der Waals surface area contributed by atoms with E-state index < -0.39 is 42.6 Å². The first-order valence-electron chi connectivity index (χ1n) is 34.4. The SMILES string of the molecule is CCCCCCCCCCCC(O)CN(CCCCC1NC(=O)C(CCCCN(CC(O)CCCCCCCCCCC)CC(O)CCCCCCCCCCC)N(CC(O)CCCCCCCCCCC)C1=O)CC(C)O. The number of β-amino-alcohol motifs (C(OH)–C–C–N with tert-alkyl or cyclic N) is 1. The fraction of sp³-hybridized carbons (Fsp3) is 0.970. The molecular weight excluding hydrogens is 973 g/mol. The molecule has 78 heavy (non-hydrogen) atoms. The first-order valence-corrected chi connectivity index (χ1v) is 34.4. The molecule has 464 valence electrons. The van der Waals surface area contributed by atoms with Gasteiger partial charge in [-0.25, -0.2) is 0 Å². The molecule has 0 aromatic rings. The number of rotatable bonds is 60. The third-order valence-corrected chi connectivity index (χ3v) is 16.9. The number of hydrogen-bond donors (Lipinski definition) is 6. The smallest absolute Gasteiger partial charge is 0.245 e. The molecule has 1 aliphatic heterocycles. The Labute approximate surface area is 483 Å². The molecule has 0 radical (unpaired) electrons. The summed E-state index contributed by atoms with van der Waals surface area (Å²) in [4.78, 5) is 34.6. The summed E-state index contributed by atoms with van der Waals surface area (Å²) in [5, 5.41) is 58.4. The number of amides is 2. The van der Waals surface area contributed by atoms with Crippen LogP contribution in [0.3, 0.4) is 0 Å². The summed E-state index contributed by atoms with van der Waals surface area (Å²) in [5.41, 5.74) is 0. The third-order valence-electron chi connectivity index (χ3n) is 16.9. The zero-order valence-corrected chi connectivity index (χ0v) is 52.4. The van der Waals surface area contributed by atoms with Gasteiger partial charge in [0.1, 0.15) is 12.1 Å². The number of carbonyl (C=O) groups excluding carboxylic acids is 2. The fourth-order valence-corrected chi connectivity index (χ4v) is 12.0. The first kappa shape index (κ1) is 74.7. The van der Waals surface area contributed by atoms with Gasteiger partial charge in [-0.15, -0.1) is 0 Å². The van der Waals surface area contributed by atoms with Crippen LogP contribution in [0.4, 0.5) is 0 Å². The van der Waals surface area contributed by atoms with E-state index in [1.807, 2.05) is 0 Å². The Morgan fingerprint density at radius 1 is 0.385 bits per heavy atom. The van der Waals surface area contributed by atoms with Gasteiger partial charge in [-0.1, -0.05) is 259 Å². The van der Waals surface area contributed by atoms with Crippen LogP contribution >= 0.6 is 0 Å². The summed E-state index contributed by atoms with van der Waals surface area (Å²) >= 11 is 0. The predicted molar refractivity (Wildman–Crippen MR) is 331 cm³/mol. The Bertz CT molecular complexity index is 1280. The van der Waals surface area contributed by atoms with Crippen LogP contribution in [0.15, 0.2) is 0 Å². The monoisotopic (exact) mass is 1110 g/mol. The fourth-order valence-electron chi connectivity index (χ4n) is 12.0. The van der Waals surface area contributed by atoms with Crippen LogP contribution in [0, 0.1) is 0 Å². The molecule has 1 saturated heterocycles. The van der Waals surface area contributed by atoms with Gasteiger partial charge in [0.2, 0.25) is 11.8 Å². The van der Waals surface area contributed by atoms with E-state index in [2.05, 4.69) is 42.8 Å². The zero-order chi connectivity index (χ0) is 57.1. The van der Waals surface area contributed by atoms with Gasteiger partial charge >= 0.3 is 0 Å². The van der Waals surface area contributed by atoms with Crippen molar-refractivity contribution < 1.29 is 35.1 Å². The lowest BCUT2D eigenvalue weighted by Crippen LogP contribution is -2.64. The highest BCUT2D eigenvalue weighted by molar-refractivity contribution is 5.97. The van der Waals surface area contributed by atoms with Gasteiger partial charge in [-0.05, 0) is 84.2 Å². The molecule has 0 aliphatic carbocycles. The lowest BCUT2D eigenvalue weighted by Gasteiger charge is -2.40. The van der Waals surface area contributed by atoms with Gasteiger partial charge in [-0.2, -0.15) is 0 Å². The molecule has 0 aromatic carbocycles. The van der Waals surface area contributed by atoms with Crippen molar-refractivity contribution in [2.24, 2.45) is 0 Å². The Kier molecular flexibility index (Phi) is 51.4. The van der Waals surface area contributed by atoms with Gasteiger partial charge in [0, 0.05) is 32.7 Å². The van der Waals surface area contributed by atoms with E-state index in [0.717, 1.165) is 89.9 Å². The standard InChI is InChI=1S/C67H134N4O7/c1-6-10-14-18-22-26-30-34-38-46-60(73)55-69(54-59(5)72)52-44-42-50-64-67(78)71(58-63(76)49-41-37-33-29-25-21-17-13-9-4)65(66(77)68-64)51-43-45-53-70(56-61(74)47-39-35-31-27-23-19-15-11-7-2)57-62(75)48-40-36-32-28-24-20-16-12-8-3/h59-65,72-76H,6-58H2,1-5H3,(H,68,77). The highest BCUT2D eigenvalue weighted by Crippen LogP contribution is 2.23. The Hall–Kier alpha value is -1.34. The molecule has 0 bridgehead atoms. The van der Waals surface area contributed by atoms with Crippen molar-refractivity contribution >= 4 is 11.8 Å². The molecule has 7 unspecified atom stereocenters. The molecule has 2 amide bonds. The van der Waals surface area contributed by atoms with Crippen LogP contribution in [0.2, 0.25) is 0 Å². The molecular formula is C67H134N4O7. The number of nitrogens with one attached hydrogen (secondary N) is 1. The zero-order valence-electron chi connectivity index (χ0n) is 52.4. The molecule has 0 saturated carbocycles. The highest BCUT2D eigenvalue weighted by atomic mass is 16.3. The van der Waals surface area contributed by atoms with Crippen LogP contribution < -0.4 is 5.32 Å². The summed E-state index contributed by atoms with van der Waals surface area (Å²) < 4.78 is 0. The van der Waals surface area contributed by atoms with Gasteiger partial charge in [-0.3, -0.25) is 19.4 Å². The largest absolute Gasteiger partial charge is 0.392 e. The molecule has 1 rings (SSSR count). The average molecular weight is 1110 g/mol. The van der Waals surface area contributed by atoms with Crippen molar-refractivity contribution in [2.75, 3.05) is 45.8 Å². The summed E-state index contributed by atoms with van der Waals surface area (Å²) in [6.07, 6.45) is 48.8. The van der Waals surface area contributed by atoms with Gasteiger partial charge in [0.05, 0.1) is 30.5 Å². The van der Waals surface area contributed by atoms with Crippen LogP contribution in [-0.2, 0) is 9.59 Å². The maximum atomic E-state index is 14.4. The van der Waals surface area contributed by atoms with E-state index in [1.54, 1.807) is 11.8 Å². The van der Waals surface area contributed by atoms with E-state index in [1.165, 1.54) is 173 Å². The number of unbranched alkanes of at least 4 members (excludes halogenated alkanes) is 34. The molecule has 1 fully saturated rings. The summed E-state index contributed by atoms with van der Waals surface area (Å²) in [6.45, 7) is 14.4. The van der Waals surface area contributed by atoms with Crippen LogP contribution in [0.5, 0.6) is 0 Å². The lowest BCUT2D eigenvalue weighted by molar-refractivity contribution is -0.151. The van der Waals surface area contributed by atoms with Crippen molar-refractivity contribution in [3.05, 3.63) is 0 Å². The van der Waals surface area contributed by atoms with Crippen LogP contribution in [0.1, 0.15) is 330 Å². The molecule has 1 heterocycles. The van der Waals surface area contributed by atoms with Crippen molar-refractivity contribution in [3.8, 4) is 0 Å². The Morgan fingerprint density at radius 3 is 1.01 bits per heavy atom. The first-order chi connectivity index (χ1) is 37.9. The van der Waals surface area contributed by atoms with Crippen molar-refractivity contribution in [1.29, 1.82) is 0 Å². The third kappa shape index (κ3) is 43.4. The molecule has 1 aliphatic rings. The quantitative estimate of drug-likeness (QED) is 0.0326. The number of piperazine rings is 1. The molecule has 6 N–H and O–H groups in total. The van der Waals surface area contributed by atoms with Gasteiger partial charge in [0.25, 0.3) is 0 Å². The number of nitrogens with zero attached hydrogens (tertiary/aromatic N) is 3. The minimum atomic E-state index is -0.696. The van der Waals surface area contributed by atoms with Crippen LogP contribution in [-0.4, -0.2) is 140 Å². The number of aliphatic hydroxyl groups is 5. The van der Waals surface area contributed by atoms with E-state index in [4.69, 9.17) is 0 Å². The van der Waals surface area contributed by atoms with Crippen molar-refractivity contribution in [1.82, 2.24) is 20.0 Å². The van der Waals surface area contributed by atoms with E-state index in [-0.39, 0.29) is 18.4 Å². The number of carbonyl (C=O) groups is 2. The number of aliphatic hydroxyl groups excluding tert-OH is 5. The lowest BCUT2D eigenvalue weighted by atomic mass is 9.97. The topological polar surface area (TPSA) is 157 Å². The molecule has 7 atom stereocenters. The van der Waals surface area contributed by atoms with E-state index >= 15 is 0 Å². The average Bonchev–Trinajstić information content (AvgIpc) is 3.41. The molecule has 0 spiro atoms. The highest BCUT2D eigenvalue weighted by Gasteiger charge is 2.40. The second-order valence-electron chi connectivity index (χ2n) is 25.0. The van der Waals surface area contributed by atoms with Gasteiger partial charge < -0.3 is 35.7 Å². The van der Waals surface area contributed by atoms with Gasteiger partial charge in [0.15, 0.2) is 0 Å². The number of hydrogen-bond acceptors (Lipinski definition) is 9. The summed E-state index contributed by atoms with van der Waals surface area (Å²) in [5.74, 6) is -0.251. The summed E-state index contributed by atoms with van der Waals surface area (Å²) in [7, 11) is 0. The second-order valence-corrected chi connectivity index (χ2v) is 25.0. The molecule has 11 heteroatoms. The Morgan fingerprint density at radius 2 is 0.679 bits per heavy atom. The van der Waals surface area contributed by atoms with E-state index in [0.29, 0.717) is 71.4 Å². The maximum absolute atomic E-state index is 14.4. The summed E-state index contributed by atoms with van der Waals surface area (Å²) in [6, 6.07) is -1.30. The van der Waals surface area contributed by atoms with Crippen molar-refractivity contribution in [2.45, 2.75) is 373 Å². The minimum Gasteiger partial charge on any atom is -0.392 e. The van der Waals surface area contributed by atoms with E-state index in [9.17, 15) is 35.1 Å². The predicted octanol–water partition coefficient (Wildman–Crippen LogP) is 15.1. The molecule has 11 nitrogen and oxygen atoms in total. The second kappa shape index (κ2) is 53.7.